The second kappa shape index (κ2) is 5.03. The highest BCUT2D eigenvalue weighted by Gasteiger charge is 2.23. The zero-order valence-corrected chi connectivity index (χ0v) is 12.2. The summed E-state index contributed by atoms with van der Waals surface area (Å²) in [7, 11) is -4.10. The molecule has 22 heavy (non-hydrogen) atoms. The molecule has 3 aromatic rings. The SMILES string of the molecule is O=[N+]([O-])c1cc(S(=O)(=O)Nc2n[nH]c3cccc(F)c23)cs1. The molecule has 0 aliphatic carbocycles. The molecule has 0 aliphatic rings. The van der Waals surface area contributed by atoms with Crippen LogP contribution in [0.5, 0.6) is 0 Å². The van der Waals surface area contributed by atoms with Gasteiger partial charge in [0.2, 0.25) is 0 Å². The Morgan fingerprint density at radius 2 is 2.18 bits per heavy atom. The van der Waals surface area contributed by atoms with Crippen LogP contribution in [0.4, 0.5) is 15.2 Å². The smallest absolute Gasteiger partial charge is 0.276 e. The number of H-pyrrole nitrogens is 1. The van der Waals surface area contributed by atoms with Gasteiger partial charge in [-0.25, -0.2) is 12.8 Å². The maximum Gasteiger partial charge on any atom is 0.325 e. The maximum absolute atomic E-state index is 13.8. The average Bonchev–Trinajstić information content (AvgIpc) is 3.06. The zero-order valence-electron chi connectivity index (χ0n) is 10.6. The van der Waals surface area contributed by atoms with Crippen molar-refractivity contribution in [1.29, 1.82) is 0 Å². The zero-order chi connectivity index (χ0) is 15.9. The van der Waals surface area contributed by atoms with Gasteiger partial charge in [-0.05, 0) is 12.1 Å². The number of nitrogens with one attached hydrogen (secondary N) is 2. The number of nitrogens with zero attached hydrogens (tertiary/aromatic N) is 2. The molecule has 2 aromatic heterocycles. The van der Waals surface area contributed by atoms with E-state index in [0.717, 1.165) is 11.4 Å². The number of benzene rings is 1. The Morgan fingerprint density at radius 3 is 2.86 bits per heavy atom. The van der Waals surface area contributed by atoms with E-state index in [4.69, 9.17) is 0 Å². The molecule has 2 heterocycles. The van der Waals surface area contributed by atoms with Crippen molar-refractivity contribution in [3.63, 3.8) is 0 Å². The molecule has 0 radical (unpaired) electrons. The summed E-state index contributed by atoms with van der Waals surface area (Å²) in [4.78, 5) is 9.64. The average molecular weight is 342 g/mol. The fraction of sp³-hybridized carbons (Fsp3) is 0. The molecule has 0 saturated heterocycles. The van der Waals surface area contributed by atoms with Gasteiger partial charge in [-0.15, -0.1) is 0 Å². The Balaban J connectivity index is 2.01. The van der Waals surface area contributed by atoms with Crippen LogP contribution in [0.25, 0.3) is 10.9 Å². The quantitative estimate of drug-likeness (QED) is 0.558. The Morgan fingerprint density at radius 1 is 1.41 bits per heavy atom. The number of aromatic amines is 1. The third kappa shape index (κ3) is 2.40. The minimum absolute atomic E-state index is 0.00388. The summed E-state index contributed by atoms with van der Waals surface area (Å²) >= 11 is 0.683. The molecular formula is C11H7FN4O4S2. The Hall–Kier alpha value is -2.53. The van der Waals surface area contributed by atoms with E-state index in [2.05, 4.69) is 14.9 Å². The first kappa shape index (κ1) is 14.4. The fourth-order valence-corrected chi connectivity index (χ4v) is 3.93. The van der Waals surface area contributed by atoms with Crippen LogP contribution in [0.3, 0.4) is 0 Å². The van der Waals surface area contributed by atoms with Crippen LogP contribution in [0.2, 0.25) is 0 Å². The normalized spacial score (nSPS) is 11.7. The standard InChI is InChI=1S/C11H7FN4O4S2/c12-7-2-1-3-8-10(7)11(14-13-8)15-22(19,20)6-4-9(16(17)18)21-5-6/h1-5H,(H2,13,14,15). The number of sulfonamides is 1. The summed E-state index contributed by atoms with van der Waals surface area (Å²) in [5.74, 6) is -0.845. The fourth-order valence-electron chi connectivity index (χ4n) is 1.83. The van der Waals surface area contributed by atoms with Gasteiger partial charge in [0.05, 0.1) is 15.8 Å². The maximum atomic E-state index is 13.8. The van der Waals surface area contributed by atoms with Gasteiger partial charge in [0.25, 0.3) is 10.0 Å². The van der Waals surface area contributed by atoms with E-state index in [-0.39, 0.29) is 21.1 Å². The first-order valence-electron chi connectivity index (χ1n) is 5.77. The lowest BCUT2D eigenvalue weighted by Crippen LogP contribution is -2.12. The molecule has 0 amide bonds. The second-order valence-corrected chi connectivity index (χ2v) is 6.79. The highest BCUT2D eigenvalue weighted by Crippen LogP contribution is 2.29. The van der Waals surface area contributed by atoms with Crippen molar-refractivity contribution >= 4 is 43.1 Å². The van der Waals surface area contributed by atoms with Crippen LogP contribution in [-0.2, 0) is 10.0 Å². The second-order valence-electron chi connectivity index (χ2n) is 4.22. The molecule has 2 N–H and O–H groups in total. The summed E-state index contributed by atoms with van der Waals surface area (Å²) < 4.78 is 40.3. The van der Waals surface area contributed by atoms with E-state index in [1.54, 1.807) is 6.07 Å². The molecule has 8 nitrogen and oxygen atoms in total. The molecule has 0 atom stereocenters. The van der Waals surface area contributed by atoms with Gasteiger partial charge in [-0.2, -0.15) is 5.10 Å². The molecule has 3 rings (SSSR count). The molecule has 0 bridgehead atoms. The lowest BCUT2D eigenvalue weighted by molar-refractivity contribution is -0.380. The Bertz CT molecular complexity index is 979. The lowest BCUT2D eigenvalue weighted by atomic mass is 10.2. The van der Waals surface area contributed by atoms with Gasteiger partial charge in [-0.3, -0.25) is 19.9 Å². The van der Waals surface area contributed by atoms with Crippen LogP contribution < -0.4 is 4.72 Å². The monoisotopic (exact) mass is 342 g/mol. The number of thiophene rings is 1. The minimum Gasteiger partial charge on any atom is -0.276 e. The highest BCUT2D eigenvalue weighted by molar-refractivity contribution is 7.92. The summed E-state index contributed by atoms with van der Waals surface area (Å²) in [5.41, 5.74) is 0.328. The minimum atomic E-state index is -4.10. The van der Waals surface area contributed by atoms with E-state index in [9.17, 15) is 22.9 Å². The summed E-state index contributed by atoms with van der Waals surface area (Å²) in [6.07, 6.45) is 0. The van der Waals surface area contributed by atoms with Gasteiger partial charge < -0.3 is 0 Å². The van der Waals surface area contributed by atoms with Gasteiger partial charge in [0.15, 0.2) is 5.82 Å². The third-order valence-corrected chi connectivity index (χ3v) is 5.17. The van der Waals surface area contributed by atoms with Crippen molar-refractivity contribution in [3.05, 3.63) is 45.6 Å². The number of hydrogen-bond acceptors (Lipinski definition) is 6. The van der Waals surface area contributed by atoms with E-state index in [0.29, 0.717) is 16.9 Å². The summed E-state index contributed by atoms with van der Waals surface area (Å²) in [5, 5.41) is 17.7. The van der Waals surface area contributed by atoms with Crippen LogP contribution in [0.15, 0.2) is 34.5 Å². The Kier molecular flexibility index (Phi) is 3.30. The molecule has 0 aliphatic heterocycles. The molecule has 0 saturated carbocycles. The van der Waals surface area contributed by atoms with Crippen LogP contribution >= 0.6 is 11.3 Å². The van der Waals surface area contributed by atoms with Gasteiger partial charge in [-0.1, -0.05) is 17.4 Å². The number of halogens is 1. The van der Waals surface area contributed by atoms with E-state index in [1.165, 1.54) is 12.1 Å². The summed E-state index contributed by atoms with van der Waals surface area (Å²) in [6.45, 7) is 0. The van der Waals surface area contributed by atoms with Crippen molar-refractivity contribution in [2.24, 2.45) is 0 Å². The van der Waals surface area contributed by atoms with Crippen LogP contribution in [0, 0.1) is 15.9 Å². The van der Waals surface area contributed by atoms with Gasteiger partial charge in [0, 0.05) is 11.4 Å². The molecular weight excluding hydrogens is 335 g/mol. The molecule has 114 valence electrons. The first-order chi connectivity index (χ1) is 10.4. The molecule has 1 aromatic carbocycles. The predicted octanol–water partition coefficient (Wildman–Crippen LogP) is 2.47. The topological polar surface area (TPSA) is 118 Å². The number of hydrogen-bond donors (Lipinski definition) is 2. The van der Waals surface area contributed by atoms with Crippen molar-refractivity contribution in [1.82, 2.24) is 10.2 Å². The van der Waals surface area contributed by atoms with E-state index >= 15 is 0 Å². The number of rotatable bonds is 4. The summed E-state index contributed by atoms with van der Waals surface area (Å²) in [6, 6.07) is 5.10. The van der Waals surface area contributed by atoms with Gasteiger partial charge in [0.1, 0.15) is 10.7 Å². The third-order valence-electron chi connectivity index (χ3n) is 2.82. The van der Waals surface area contributed by atoms with Gasteiger partial charge >= 0.3 is 5.00 Å². The predicted molar refractivity (Wildman–Crippen MR) is 77.8 cm³/mol. The first-order valence-corrected chi connectivity index (χ1v) is 8.13. The number of nitro groups is 1. The van der Waals surface area contributed by atoms with Crippen molar-refractivity contribution in [3.8, 4) is 0 Å². The molecule has 0 spiro atoms. The van der Waals surface area contributed by atoms with Crippen LogP contribution in [-0.4, -0.2) is 23.5 Å². The molecule has 0 unspecified atom stereocenters. The van der Waals surface area contributed by atoms with Crippen molar-refractivity contribution < 1.29 is 17.7 Å². The van der Waals surface area contributed by atoms with Crippen molar-refractivity contribution in [2.75, 3.05) is 4.72 Å². The van der Waals surface area contributed by atoms with E-state index < -0.39 is 20.8 Å². The van der Waals surface area contributed by atoms with E-state index in [1.807, 2.05) is 0 Å². The van der Waals surface area contributed by atoms with Crippen LogP contribution in [0.1, 0.15) is 0 Å². The largest absolute Gasteiger partial charge is 0.325 e. The Labute approximate surface area is 126 Å². The molecule has 0 fully saturated rings. The van der Waals surface area contributed by atoms with Crippen molar-refractivity contribution in [2.45, 2.75) is 4.90 Å². The number of fused-ring (bicyclic) bond motifs is 1. The molecule has 11 heteroatoms. The number of anilines is 1. The lowest BCUT2D eigenvalue weighted by Gasteiger charge is -2.03. The number of aromatic nitrogens is 2. The highest BCUT2D eigenvalue weighted by atomic mass is 32.2.